The second-order valence-corrected chi connectivity index (χ2v) is 7.66. The van der Waals surface area contributed by atoms with Crippen LogP contribution < -0.4 is 11.3 Å². The molecule has 0 amide bonds. The van der Waals surface area contributed by atoms with Crippen LogP contribution in [0.5, 0.6) is 0 Å². The van der Waals surface area contributed by atoms with Crippen LogP contribution in [0.1, 0.15) is 54.2 Å². The third-order valence-corrected chi connectivity index (χ3v) is 4.42. The minimum absolute atomic E-state index is 0.0975. The van der Waals surface area contributed by atoms with Crippen molar-refractivity contribution in [3.8, 4) is 0 Å². The molecule has 4 heteroatoms. The van der Waals surface area contributed by atoms with Crippen LogP contribution in [0.4, 0.5) is 0 Å². The second kappa shape index (κ2) is 6.26. The first-order valence-electron chi connectivity index (χ1n) is 7.29. The summed E-state index contributed by atoms with van der Waals surface area (Å²) >= 11 is 1.72. The topological polar surface area (TPSA) is 50.9 Å². The average molecular weight is 303 g/mol. The van der Waals surface area contributed by atoms with Crippen LogP contribution in [0.2, 0.25) is 0 Å². The predicted octanol–water partition coefficient (Wildman–Crippen LogP) is 3.80. The molecule has 0 aliphatic rings. The first-order valence-corrected chi connectivity index (χ1v) is 8.17. The lowest BCUT2D eigenvalue weighted by Crippen LogP contribution is -2.29. The molecule has 3 nitrogen and oxygen atoms in total. The van der Waals surface area contributed by atoms with Crippen LogP contribution in [0.3, 0.4) is 0 Å². The van der Waals surface area contributed by atoms with Gasteiger partial charge in [0, 0.05) is 17.2 Å². The molecule has 0 saturated carbocycles. The molecule has 1 aromatic carbocycles. The largest absolute Gasteiger partial charge is 0.271 e. The minimum Gasteiger partial charge on any atom is -0.271 e. The highest BCUT2D eigenvalue weighted by Gasteiger charge is 2.19. The van der Waals surface area contributed by atoms with Gasteiger partial charge < -0.3 is 0 Å². The zero-order chi connectivity index (χ0) is 15.6. The van der Waals surface area contributed by atoms with Gasteiger partial charge in [-0.05, 0) is 19.4 Å². The molecule has 21 heavy (non-hydrogen) atoms. The molecule has 1 atom stereocenters. The van der Waals surface area contributed by atoms with Crippen molar-refractivity contribution in [3.05, 3.63) is 51.0 Å². The van der Waals surface area contributed by atoms with E-state index in [1.54, 1.807) is 11.3 Å². The third kappa shape index (κ3) is 4.13. The number of thiazole rings is 1. The second-order valence-electron chi connectivity index (χ2n) is 6.72. The van der Waals surface area contributed by atoms with Crippen molar-refractivity contribution in [1.82, 2.24) is 10.4 Å². The van der Waals surface area contributed by atoms with Gasteiger partial charge >= 0.3 is 0 Å². The summed E-state index contributed by atoms with van der Waals surface area (Å²) in [7, 11) is 0. The molecule has 1 heterocycles. The van der Waals surface area contributed by atoms with Crippen molar-refractivity contribution in [2.24, 2.45) is 5.84 Å². The molecular formula is C17H25N3S. The fraction of sp³-hybridized carbons (Fsp3) is 0.471. The molecule has 114 valence electrons. The van der Waals surface area contributed by atoms with Crippen molar-refractivity contribution in [2.45, 2.75) is 52.5 Å². The molecule has 0 bridgehead atoms. The number of benzene rings is 1. The quantitative estimate of drug-likeness (QED) is 0.667. The highest BCUT2D eigenvalue weighted by atomic mass is 32.1. The average Bonchev–Trinajstić information content (AvgIpc) is 2.83. The number of rotatable bonds is 4. The van der Waals surface area contributed by atoms with Crippen molar-refractivity contribution < 1.29 is 0 Å². The number of nitrogens with one attached hydrogen (secondary N) is 1. The summed E-state index contributed by atoms with van der Waals surface area (Å²) in [6.07, 6.45) is 0.820. The van der Waals surface area contributed by atoms with E-state index in [1.807, 2.05) is 0 Å². The summed E-state index contributed by atoms with van der Waals surface area (Å²) in [5.74, 6) is 5.77. The SMILES string of the molecule is Cc1cc(C)cc(C(Cc2nc(C(C)(C)C)cs2)NN)c1. The molecule has 3 N–H and O–H groups in total. The van der Waals surface area contributed by atoms with Crippen molar-refractivity contribution in [2.75, 3.05) is 0 Å². The third-order valence-electron chi connectivity index (χ3n) is 3.55. The van der Waals surface area contributed by atoms with Crippen LogP contribution in [-0.4, -0.2) is 4.98 Å². The Hall–Kier alpha value is -1.23. The maximum atomic E-state index is 5.77. The smallest absolute Gasteiger partial charge is 0.0948 e. The summed E-state index contributed by atoms with van der Waals surface area (Å²) in [6, 6.07) is 6.66. The van der Waals surface area contributed by atoms with E-state index in [1.165, 1.54) is 16.7 Å². The van der Waals surface area contributed by atoms with Crippen LogP contribution in [0.25, 0.3) is 0 Å². The van der Waals surface area contributed by atoms with Gasteiger partial charge in [0.2, 0.25) is 0 Å². The van der Waals surface area contributed by atoms with Crippen LogP contribution in [0.15, 0.2) is 23.6 Å². The predicted molar refractivity (Wildman–Crippen MR) is 90.5 cm³/mol. The number of hydrogen-bond donors (Lipinski definition) is 2. The minimum atomic E-state index is 0.0975. The van der Waals surface area contributed by atoms with E-state index in [9.17, 15) is 0 Å². The van der Waals surface area contributed by atoms with Gasteiger partial charge in [-0.25, -0.2) is 4.98 Å². The van der Waals surface area contributed by atoms with Crippen LogP contribution >= 0.6 is 11.3 Å². The molecule has 1 aromatic heterocycles. The lowest BCUT2D eigenvalue weighted by atomic mass is 9.93. The van der Waals surface area contributed by atoms with Gasteiger partial charge in [-0.1, -0.05) is 50.1 Å². The highest BCUT2D eigenvalue weighted by Crippen LogP contribution is 2.27. The Morgan fingerprint density at radius 3 is 2.29 bits per heavy atom. The summed E-state index contributed by atoms with van der Waals surface area (Å²) in [4.78, 5) is 4.76. The van der Waals surface area contributed by atoms with E-state index in [-0.39, 0.29) is 11.5 Å². The molecule has 0 aliphatic heterocycles. The summed E-state index contributed by atoms with van der Waals surface area (Å²) in [5.41, 5.74) is 7.94. The standard InChI is InChI=1S/C17H25N3S/c1-11-6-12(2)8-13(7-11)14(20-18)9-16-19-15(10-21-16)17(3,4)5/h6-8,10,14,20H,9,18H2,1-5H3. The van der Waals surface area contributed by atoms with E-state index in [2.05, 4.69) is 63.6 Å². The first-order chi connectivity index (χ1) is 9.79. The highest BCUT2D eigenvalue weighted by molar-refractivity contribution is 7.09. The molecule has 0 fully saturated rings. The van der Waals surface area contributed by atoms with Gasteiger partial charge in [0.25, 0.3) is 0 Å². The van der Waals surface area contributed by atoms with E-state index in [0.717, 1.165) is 17.1 Å². The number of hydrazine groups is 1. The monoisotopic (exact) mass is 303 g/mol. The van der Waals surface area contributed by atoms with Gasteiger partial charge in [-0.3, -0.25) is 11.3 Å². The van der Waals surface area contributed by atoms with Gasteiger partial charge in [0.05, 0.1) is 16.7 Å². The van der Waals surface area contributed by atoms with Gasteiger partial charge in [0.15, 0.2) is 0 Å². The molecule has 2 rings (SSSR count). The normalized spacial score (nSPS) is 13.4. The fourth-order valence-corrected chi connectivity index (χ4v) is 3.48. The fourth-order valence-electron chi connectivity index (χ4n) is 2.41. The number of nitrogens with two attached hydrogens (primary N) is 1. The van der Waals surface area contributed by atoms with E-state index < -0.39 is 0 Å². The Bertz CT molecular complexity index is 590. The Labute approximate surface area is 131 Å². The maximum absolute atomic E-state index is 5.77. The van der Waals surface area contributed by atoms with Crippen molar-refractivity contribution >= 4 is 11.3 Å². The lowest BCUT2D eigenvalue weighted by Gasteiger charge is -2.17. The van der Waals surface area contributed by atoms with Crippen molar-refractivity contribution in [3.63, 3.8) is 0 Å². The van der Waals surface area contributed by atoms with E-state index >= 15 is 0 Å². The molecular weight excluding hydrogens is 278 g/mol. The molecule has 0 saturated heterocycles. The van der Waals surface area contributed by atoms with Crippen LogP contribution in [0, 0.1) is 13.8 Å². The molecule has 0 radical (unpaired) electrons. The summed E-state index contributed by atoms with van der Waals surface area (Å²) < 4.78 is 0. The van der Waals surface area contributed by atoms with Gasteiger partial charge in [0.1, 0.15) is 0 Å². The molecule has 2 aromatic rings. The molecule has 1 unspecified atom stereocenters. The molecule has 0 aliphatic carbocycles. The zero-order valence-electron chi connectivity index (χ0n) is 13.5. The van der Waals surface area contributed by atoms with E-state index in [4.69, 9.17) is 10.8 Å². The number of hydrogen-bond acceptors (Lipinski definition) is 4. The van der Waals surface area contributed by atoms with Gasteiger partial charge in [-0.2, -0.15) is 0 Å². The van der Waals surface area contributed by atoms with Crippen molar-refractivity contribution in [1.29, 1.82) is 0 Å². The first kappa shape index (κ1) is 16.1. The Balaban J connectivity index is 2.21. The maximum Gasteiger partial charge on any atom is 0.0948 e. The zero-order valence-corrected chi connectivity index (χ0v) is 14.3. The Kier molecular flexibility index (Phi) is 4.81. The summed E-state index contributed by atoms with van der Waals surface area (Å²) in [5, 5.41) is 3.28. The van der Waals surface area contributed by atoms with Crippen LogP contribution in [-0.2, 0) is 11.8 Å². The molecule has 0 spiro atoms. The summed E-state index contributed by atoms with van der Waals surface area (Å²) in [6.45, 7) is 10.8. The van der Waals surface area contributed by atoms with Gasteiger partial charge in [-0.15, -0.1) is 11.3 Å². The Morgan fingerprint density at radius 1 is 1.19 bits per heavy atom. The number of aromatic nitrogens is 1. The Morgan fingerprint density at radius 2 is 1.81 bits per heavy atom. The number of nitrogens with zero attached hydrogens (tertiary/aromatic N) is 1. The lowest BCUT2D eigenvalue weighted by molar-refractivity contribution is 0.540. The number of aryl methyl sites for hydroxylation is 2. The van der Waals surface area contributed by atoms with E-state index in [0.29, 0.717) is 0 Å².